The summed E-state index contributed by atoms with van der Waals surface area (Å²) in [6.45, 7) is 1.97. The molecule has 0 bridgehead atoms. The van der Waals surface area contributed by atoms with Gasteiger partial charge < -0.3 is 21.1 Å². The van der Waals surface area contributed by atoms with Crippen LogP contribution >= 0.6 is 0 Å². The van der Waals surface area contributed by atoms with Crippen LogP contribution in [0.15, 0.2) is 30.3 Å². The van der Waals surface area contributed by atoms with Crippen molar-refractivity contribution in [2.45, 2.75) is 38.6 Å². The van der Waals surface area contributed by atoms with E-state index < -0.39 is 0 Å². The third kappa shape index (κ3) is 5.84. The fourth-order valence-electron chi connectivity index (χ4n) is 3.18. The molecular weight excluding hydrogens is 328 g/mol. The molecule has 2 aromatic rings. The van der Waals surface area contributed by atoms with E-state index in [1.807, 2.05) is 18.2 Å². The maximum atomic E-state index is 9.03. The molecule has 4 N–H and O–H groups in total. The van der Waals surface area contributed by atoms with Gasteiger partial charge in [0.05, 0.1) is 6.61 Å². The number of hydrogen-bond acceptors (Lipinski definition) is 7. The average Bonchev–Trinajstić information content (AvgIpc) is 2.71. The number of aliphatic hydroxyl groups excluding tert-OH is 1. The zero-order valence-electron chi connectivity index (χ0n) is 15.1. The number of anilines is 3. The van der Waals surface area contributed by atoms with Gasteiger partial charge in [-0.2, -0.15) is 15.0 Å². The van der Waals surface area contributed by atoms with Crippen LogP contribution in [0.3, 0.4) is 0 Å². The van der Waals surface area contributed by atoms with Crippen molar-refractivity contribution in [2.24, 2.45) is 5.92 Å². The SMILES string of the molecule is OCCNc1nc(NCc2ccccc2)nc(NCC2CCCCC2)n1. The van der Waals surface area contributed by atoms with Gasteiger partial charge in [-0.1, -0.05) is 49.6 Å². The minimum absolute atomic E-state index is 0.0310. The molecule has 1 aliphatic rings. The fraction of sp³-hybridized carbons (Fsp3) is 0.526. The molecule has 0 unspecified atom stereocenters. The maximum Gasteiger partial charge on any atom is 0.229 e. The molecule has 1 aliphatic carbocycles. The van der Waals surface area contributed by atoms with Gasteiger partial charge in [0.25, 0.3) is 0 Å². The second-order valence-corrected chi connectivity index (χ2v) is 6.68. The van der Waals surface area contributed by atoms with Gasteiger partial charge in [0, 0.05) is 19.6 Å². The summed E-state index contributed by atoms with van der Waals surface area (Å²) in [6.07, 6.45) is 6.53. The van der Waals surface area contributed by atoms with Crippen molar-refractivity contribution >= 4 is 17.8 Å². The van der Waals surface area contributed by atoms with Crippen LogP contribution in [0.4, 0.5) is 17.8 Å². The van der Waals surface area contributed by atoms with Crippen LogP contribution in [0.1, 0.15) is 37.7 Å². The summed E-state index contributed by atoms with van der Waals surface area (Å²) in [6, 6.07) is 10.1. The maximum absolute atomic E-state index is 9.03. The molecule has 3 rings (SSSR count). The molecule has 0 saturated heterocycles. The molecule has 0 amide bonds. The van der Waals surface area contributed by atoms with E-state index in [1.165, 1.54) is 32.1 Å². The Hall–Kier alpha value is -2.41. The standard InChI is InChI=1S/C19H28N6O/c26-12-11-20-17-23-18(21-13-15-7-3-1-4-8-15)25-19(24-17)22-14-16-9-5-2-6-10-16/h1,3-4,7-8,16,26H,2,5-6,9-14H2,(H3,20,21,22,23,24,25). The van der Waals surface area contributed by atoms with Crippen molar-refractivity contribution in [1.29, 1.82) is 0 Å². The number of hydrogen-bond donors (Lipinski definition) is 4. The summed E-state index contributed by atoms with van der Waals surface area (Å²) >= 11 is 0. The quantitative estimate of drug-likeness (QED) is 0.549. The molecule has 0 atom stereocenters. The number of aliphatic hydroxyl groups is 1. The molecule has 0 aliphatic heterocycles. The highest BCUT2D eigenvalue weighted by Gasteiger charge is 2.14. The second-order valence-electron chi connectivity index (χ2n) is 6.68. The number of aromatic nitrogens is 3. The number of benzene rings is 1. The second kappa shape index (κ2) is 9.91. The predicted octanol–water partition coefficient (Wildman–Crippen LogP) is 2.88. The Morgan fingerprint density at radius 2 is 1.50 bits per heavy atom. The van der Waals surface area contributed by atoms with E-state index in [0.717, 1.165) is 12.1 Å². The van der Waals surface area contributed by atoms with Crippen molar-refractivity contribution in [2.75, 3.05) is 35.6 Å². The Labute approximate surface area is 154 Å². The third-order valence-electron chi connectivity index (χ3n) is 4.60. The van der Waals surface area contributed by atoms with Gasteiger partial charge in [0.1, 0.15) is 0 Å². The van der Waals surface area contributed by atoms with E-state index in [1.54, 1.807) is 0 Å². The fourth-order valence-corrected chi connectivity index (χ4v) is 3.18. The van der Waals surface area contributed by atoms with Crippen LogP contribution in [0.2, 0.25) is 0 Å². The minimum atomic E-state index is 0.0310. The van der Waals surface area contributed by atoms with Gasteiger partial charge in [0.2, 0.25) is 17.8 Å². The first-order valence-corrected chi connectivity index (χ1v) is 9.46. The van der Waals surface area contributed by atoms with E-state index in [9.17, 15) is 0 Å². The van der Waals surface area contributed by atoms with Gasteiger partial charge >= 0.3 is 0 Å². The van der Waals surface area contributed by atoms with E-state index in [-0.39, 0.29) is 6.61 Å². The molecule has 1 heterocycles. The first-order chi connectivity index (χ1) is 12.8. The van der Waals surface area contributed by atoms with Gasteiger partial charge in [0.15, 0.2) is 0 Å². The lowest BCUT2D eigenvalue weighted by Gasteiger charge is -2.21. The summed E-state index contributed by atoms with van der Waals surface area (Å²) < 4.78 is 0. The highest BCUT2D eigenvalue weighted by Crippen LogP contribution is 2.23. The van der Waals surface area contributed by atoms with Crippen molar-refractivity contribution in [3.05, 3.63) is 35.9 Å². The zero-order chi connectivity index (χ0) is 18.0. The predicted molar refractivity (Wildman–Crippen MR) is 104 cm³/mol. The van der Waals surface area contributed by atoms with Crippen LogP contribution in [0.25, 0.3) is 0 Å². The summed E-state index contributed by atoms with van der Waals surface area (Å²) in [5.74, 6) is 2.25. The topological polar surface area (TPSA) is 95.0 Å². The van der Waals surface area contributed by atoms with Crippen molar-refractivity contribution in [1.82, 2.24) is 15.0 Å². The summed E-state index contributed by atoms with van der Waals surface area (Å²) in [5.41, 5.74) is 1.16. The highest BCUT2D eigenvalue weighted by atomic mass is 16.3. The molecule has 1 aromatic carbocycles. The molecule has 7 nitrogen and oxygen atoms in total. The van der Waals surface area contributed by atoms with Gasteiger partial charge in [-0.15, -0.1) is 0 Å². The third-order valence-corrected chi connectivity index (χ3v) is 4.60. The van der Waals surface area contributed by atoms with E-state index in [4.69, 9.17) is 5.11 Å². The first kappa shape index (κ1) is 18.4. The largest absolute Gasteiger partial charge is 0.395 e. The zero-order valence-corrected chi connectivity index (χ0v) is 15.1. The molecule has 140 valence electrons. The van der Waals surface area contributed by atoms with E-state index >= 15 is 0 Å². The van der Waals surface area contributed by atoms with Crippen LogP contribution in [-0.2, 0) is 6.54 Å². The summed E-state index contributed by atoms with van der Waals surface area (Å²) in [5, 5.41) is 18.7. The molecule has 1 aromatic heterocycles. The summed E-state index contributed by atoms with van der Waals surface area (Å²) in [7, 11) is 0. The molecule has 1 fully saturated rings. The van der Waals surface area contributed by atoms with Gasteiger partial charge in [-0.05, 0) is 24.3 Å². The number of rotatable bonds is 9. The highest BCUT2D eigenvalue weighted by molar-refractivity contribution is 5.42. The van der Waals surface area contributed by atoms with E-state index in [0.29, 0.717) is 36.9 Å². The van der Waals surface area contributed by atoms with Crippen LogP contribution in [0, 0.1) is 5.92 Å². The Kier molecular flexibility index (Phi) is 7.01. The van der Waals surface area contributed by atoms with Crippen molar-refractivity contribution in [3.8, 4) is 0 Å². The summed E-state index contributed by atoms with van der Waals surface area (Å²) in [4.78, 5) is 13.3. The van der Waals surface area contributed by atoms with Crippen LogP contribution < -0.4 is 16.0 Å². The normalized spacial score (nSPS) is 14.8. The Morgan fingerprint density at radius 1 is 0.846 bits per heavy atom. The monoisotopic (exact) mass is 356 g/mol. The lowest BCUT2D eigenvalue weighted by molar-refractivity contribution is 0.311. The minimum Gasteiger partial charge on any atom is -0.395 e. The number of nitrogens with zero attached hydrogens (tertiary/aromatic N) is 3. The molecule has 1 saturated carbocycles. The number of nitrogens with one attached hydrogen (secondary N) is 3. The first-order valence-electron chi connectivity index (χ1n) is 9.46. The smallest absolute Gasteiger partial charge is 0.229 e. The van der Waals surface area contributed by atoms with Crippen molar-refractivity contribution in [3.63, 3.8) is 0 Å². The van der Waals surface area contributed by atoms with Gasteiger partial charge in [-0.3, -0.25) is 0 Å². The lowest BCUT2D eigenvalue weighted by atomic mass is 9.89. The lowest BCUT2D eigenvalue weighted by Crippen LogP contribution is -2.20. The molecule has 26 heavy (non-hydrogen) atoms. The van der Waals surface area contributed by atoms with Crippen LogP contribution in [-0.4, -0.2) is 39.8 Å². The van der Waals surface area contributed by atoms with Crippen LogP contribution in [0.5, 0.6) is 0 Å². The van der Waals surface area contributed by atoms with Gasteiger partial charge in [-0.25, -0.2) is 0 Å². The Balaban J connectivity index is 1.64. The van der Waals surface area contributed by atoms with Crippen molar-refractivity contribution < 1.29 is 5.11 Å². The average molecular weight is 356 g/mol. The molecule has 0 radical (unpaired) electrons. The Morgan fingerprint density at radius 3 is 2.19 bits per heavy atom. The van der Waals surface area contributed by atoms with E-state index in [2.05, 4.69) is 43.0 Å². The molecule has 7 heteroatoms. The molecular formula is C19H28N6O. The Bertz CT molecular complexity index is 660. The molecule has 0 spiro atoms.